The molecule has 2 N–H and O–H groups in total. The van der Waals surface area contributed by atoms with Gasteiger partial charge in [-0.05, 0) is 38.3 Å². The van der Waals surface area contributed by atoms with Gasteiger partial charge in [0, 0.05) is 24.7 Å². The number of nitrogens with one attached hydrogen (secondary N) is 2. The lowest BCUT2D eigenvalue weighted by atomic mass is 10.1. The summed E-state index contributed by atoms with van der Waals surface area (Å²) in [6.07, 6.45) is 6.47. The Hall–Kier alpha value is -1.18. The zero-order valence-corrected chi connectivity index (χ0v) is 14.9. The van der Waals surface area contributed by atoms with Crippen LogP contribution in [0.15, 0.2) is 35.3 Å². The fraction of sp³-hybridized carbons (Fsp3) is 0.438. The first kappa shape index (κ1) is 18.9. The molecule has 122 valence electrons. The van der Waals surface area contributed by atoms with Crippen LogP contribution >= 0.6 is 24.0 Å². The summed E-state index contributed by atoms with van der Waals surface area (Å²) in [5.74, 6) is -0.325. The van der Waals surface area contributed by atoms with Crippen LogP contribution in [-0.2, 0) is 6.42 Å². The third kappa shape index (κ3) is 5.55. The third-order valence-electron chi connectivity index (χ3n) is 3.39. The molecule has 6 heteroatoms. The van der Waals surface area contributed by atoms with Gasteiger partial charge in [-0.3, -0.25) is 4.99 Å². The summed E-state index contributed by atoms with van der Waals surface area (Å²) in [6.45, 7) is 3.08. The molecular formula is C16H22F2IN3. The van der Waals surface area contributed by atoms with E-state index < -0.39 is 11.6 Å². The zero-order chi connectivity index (χ0) is 15.1. The van der Waals surface area contributed by atoms with Crippen LogP contribution < -0.4 is 10.6 Å². The summed E-state index contributed by atoms with van der Waals surface area (Å²) in [5.41, 5.74) is 0.0969. The summed E-state index contributed by atoms with van der Waals surface area (Å²) in [6, 6.07) is 4.27. The molecule has 0 saturated carbocycles. The molecular weight excluding hydrogens is 399 g/mol. The lowest BCUT2D eigenvalue weighted by Gasteiger charge is -2.16. The number of aliphatic imine (C=N–C) groups is 1. The van der Waals surface area contributed by atoms with Gasteiger partial charge in [-0.25, -0.2) is 8.78 Å². The van der Waals surface area contributed by atoms with Crippen molar-refractivity contribution in [2.75, 3.05) is 13.1 Å². The molecule has 0 aromatic heterocycles. The Balaban J connectivity index is 0.00000242. The average molecular weight is 421 g/mol. The molecule has 0 unspecified atom stereocenters. The van der Waals surface area contributed by atoms with Gasteiger partial charge >= 0.3 is 0 Å². The topological polar surface area (TPSA) is 36.4 Å². The second-order valence-electron chi connectivity index (χ2n) is 4.99. The maximum Gasteiger partial charge on any atom is 0.191 e. The van der Waals surface area contributed by atoms with E-state index >= 15 is 0 Å². The van der Waals surface area contributed by atoms with E-state index in [1.54, 1.807) is 0 Å². The van der Waals surface area contributed by atoms with Crippen LogP contribution in [0.3, 0.4) is 0 Å². The molecule has 1 aliphatic carbocycles. The molecule has 0 aliphatic heterocycles. The van der Waals surface area contributed by atoms with Crippen LogP contribution in [0, 0.1) is 11.6 Å². The van der Waals surface area contributed by atoms with E-state index in [0.717, 1.165) is 19.4 Å². The van der Waals surface area contributed by atoms with Crippen molar-refractivity contribution >= 4 is 29.9 Å². The summed E-state index contributed by atoms with van der Waals surface area (Å²) in [7, 11) is 0. The fourth-order valence-corrected chi connectivity index (χ4v) is 2.30. The first-order chi connectivity index (χ1) is 10.2. The predicted molar refractivity (Wildman–Crippen MR) is 96.8 cm³/mol. The quantitative estimate of drug-likeness (QED) is 0.331. The summed E-state index contributed by atoms with van der Waals surface area (Å²) in [5, 5.41) is 6.47. The maximum atomic E-state index is 13.5. The number of guanidine groups is 1. The molecule has 0 amide bonds. The Kier molecular flexibility index (Phi) is 8.37. The number of hydrogen-bond donors (Lipinski definition) is 2. The van der Waals surface area contributed by atoms with Crippen molar-refractivity contribution in [3.8, 4) is 0 Å². The van der Waals surface area contributed by atoms with Crippen LogP contribution in [0.4, 0.5) is 8.78 Å². The summed E-state index contributed by atoms with van der Waals surface area (Å²) >= 11 is 0. The zero-order valence-electron chi connectivity index (χ0n) is 12.6. The highest BCUT2D eigenvalue weighted by molar-refractivity contribution is 14.0. The van der Waals surface area contributed by atoms with Gasteiger partial charge in [0.25, 0.3) is 0 Å². The van der Waals surface area contributed by atoms with Crippen molar-refractivity contribution in [2.45, 2.75) is 32.2 Å². The number of benzene rings is 1. The predicted octanol–water partition coefficient (Wildman–Crippen LogP) is 3.40. The fourth-order valence-electron chi connectivity index (χ4n) is 2.30. The monoisotopic (exact) mass is 421 g/mol. The van der Waals surface area contributed by atoms with Crippen molar-refractivity contribution in [3.05, 3.63) is 47.5 Å². The first-order valence-electron chi connectivity index (χ1n) is 7.33. The molecule has 22 heavy (non-hydrogen) atoms. The maximum absolute atomic E-state index is 13.5. The van der Waals surface area contributed by atoms with E-state index in [1.165, 1.54) is 18.2 Å². The van der Waals surface area contributed by atoms with Gasteiger partial charge in [-0.1, -0.05) is 18.2 Å². The van der Waals surface area contributed by atoms with Crippen LogP contribution in [0.25, 0.3) is 0 Å². The molecule has 1 aliphatic rings. The van der Waals surface area contributed by atoms with E-state index in [1.807, 2.05) is 6.92 Å². The van der Waals surface area contributed by atoms with Gasteiger partial charge in [-0.15, -0.1) is 24.0 Å². The van der Waals surface area contributed by atoms with Crippen LogP contribution in [0.5, 0.6) is 0 Å². The first-order valence-corrected chi connectivity index (χ1v) is 7.33. The normalized spacial score (nSPS) is 14.8. The van der Waals surface area contributed by atoms with E-state index in [-0.39, 0.29) is 36.0 Å². The molecule has 1 aromatic carbocycles. The minimum Gasteiger partial charge on any atom is -0.357 e. The molecule has 0 atom stereocenters. The second-order valence-corrected chi connectivity index (χ2v) is 4.99. The molecule has 0 fully saturated rings. The highest BCUT2D eigenvalue weighted by Gasteiger charge is 2.12. The van der Waals surface area contributed by atoms with Crippen molar-refractivity contribution in [1.82, 2.24) is 10.6 Å². The van der Waals surface area contributed by atoms with Gasteiger partial charge in [0.15, 0.2) is 5.96 Å². The van der Waals surface area contributed by atoms with E-state index in [0.29, 0.717) is 18.5 Å². The number of rotatable bonds is 5. The van der Waals surface area contributed by atoms with Crippen LogP contribution in [0.1, 0.15) is 25.3 Å². The molecule has 3 nitrogen and oxygen atoms in total. The summed E-state index contributed by atoms with van der Waals surface area (Å²) in [4.78, 5) is 4.39. The minimum atomic E-state index is -0.511. The Morgan fingerprint density at radius 3 is 2.45 bits per heavy atom. The highest BCUT2D eigenvalue weighted by Crippen LogP contribution is 2.12. The molecule has 2 rings (SSSR count). The second kappa shape index (κ2) is 9.76. The van der Waals surface area contributed by atoms with E-state index in [9.17, 15) is 8.78 Å². The Morgan fingerprint density at radius 1 is 1.23 bits per heavy atom. The van der Waals surface area contributed by atoms with Gasteiger partial charge in [-0.2, -0.15) is 0 Å². The van der Waals surface area contributed by atoms with Gasteiger partial charge < -0.3 is 10.6 Å². The van der Waals surface area contributed by atoms with Crippen LogP contribution in [0.2, 0.25) is 0 Å². The lowest BCUT2D eigenvalue weighted by molar-refractivity contribution is 0.555. The average Bonchev–Trinajstić information content (AvgIpc) is 2.95. The van der Waals surface area contributed by atoms with Crippen molar-refractivity contribution in [3.63, 3.8) is 0 Å². The Morgan fingerprint density at radius 2 is 1.86 bits per heavy atom. The molecule has 0 heterocycles. The summed E-state index contributed by atoms with van der Waals surface area (Å²) < 4.78 is 27.0. The van der Waals surface area contributed by atoms with E-state index in [2.05, 4.69) is 27.8 Å². The molecule has 0 bridgehead atoms. The Labute approximate surface area is 147 Å². The number of nitrogens with zero attached hydrogens (tertiary/aromatic N) is 1. The highest BCUT2D eigenvalue weighted by atomic mass is 127. The lowest BCUT2D eigenvalue weighted by Crippen LogP contribution is -2.42. The minimum absolute atomic E-state index is 0. The van der Waals surface area contributed by atoms with E-state index in [4.69, 9.17) is 0 Å². The van der Waals surface area contributed by atoms with Gasteiger partial charge in [0.2, 0.25) is 0 Å². The number of hydrogen-bond acceptors (Lipinski definition) is 1. The number of halogens is 3. The largest absolute Gasteiger partial charge is 0.357 e. The smallest absolute Gasteiger partial charge is 0.191 e. The van der Waals surface area contributed by atoms with Crippen LogP contribution in [-0.4, -0.2) is 25.1 Å². The van der Waals surface area contributed by atoms with Crippen molar-refractivity contribution in [2.24, 2.45) is 4.99 Å². The Bertz CT molecular complexity index is 504. The standard InChI is InChI=1S/C16H21F2N3.HI/c1-2-19-16(21-12-6-3-4-7-12)20-11-10-13-14(17)8-5-9-15(13)18;/h3-5,8-9,12H,2,6-7,10-11H2,1H3,(H2,19,20,21);1H. The molecule has 1 aromatic rings. The van der Waals surface area contributed by atoms with Gasteiger partial charge in [0.05, 0.1) is 0 Å². The molecule has 0 spiro atoms. The van der Waals surface area contributed by atoms with Crippen molar-refractivity contribution < 1.29 is 8.78 Å². The molecule has 0 radical (unpaired) electrons. The molecule has 0 saturated heterocycles. The third-order valence-corrected chi connectivity index (χ3v) is 3.39. The van der Waals surface area contributed by atoms with Gasteiger partial charge in [0.1, 0.15) is 11.6 Å². The SMILES string of the molecule is CCNC(=NCCc1c(F)cccc1F)NC1CC=CC1.I. The van der Waals surface area contributed by atoms with Crippen molar-refractivity contribution in [1.29, 1.82) is 0 Å².